The van der Waals surface area contributed by atoms with E-state index in [0.29, 0.717) is 21.7 Å². The predicted octanol–water partition coefficient (Wildman–Crippen LogP) is 2.56. The summed E-state index contributed by atoms with van der Waals surface area (Å²) >= 11 is 2.07. The van der Waals surface area contributed by atoms with Crippen LogP contribution >= 0.6 is 22.6 Å². The summed E-state index contributed by atoms with van der Waals surface area (Å²) in [6.45, 7) is 4.25. The molecule has 0 aromatic carbocycles. The molecule has 0 amide bonds. The third-order valence-electron chi connectivity index (χ3n) is 2.68. The van der Waals surface area contributed by atoms with Gasteiger partial charge < -0.3 is 4.98 Å². The SMILES string of the molecule is CC(C)Cc1nc(Cc2cccnc2)[nH]c(=O)c1I. The standard InChI is InChI=1S/C14H16IN3O/c1-9(2)6-11-13(15)14(19)18-12(17-11)7-10-4-3-5-16-8-10/h3-5,8-9H,6-7H2,1-2H3,(H,17,18,19). The van der Waals surface area contributed by atoms with Crippen LogP contribution in [0, 0.1) is 9.49 Å². The first-order valence-electron chi connectivity index (χ1n) is 6.22. The fourth-order valence-corrected chi connectivity index (χ4v) is 2.33. The number of aromatic amines is 1. The van der Waals surface area contributed by atoms with Crippen molar-refractivity contribution in [2.45, 2.75) is 26.7 Å². The monoisotopic (exact) mass is 369 g/mol. The highest BCUT2D eigenvalue weighted by atomic mass is 127. The smallest absolute Gasteiger partial charge is 0.264 e. The largest absolute Gasteiger partial charge is 0.309 e. The number of nitrogens with one attached hydrogen (secondary N) is 1. The molecule has 2 rings (SSSR count). The predicted molar refractivity (Wildman–Crippen MR) is 83.2 cm³/mol. The van der Waals surface area contributed by atoms with Crippen LogP contribution in [0.2, 0.25) is 0 Å². The van der Waals surface area contributed by atoms with Crippen molar-refractivity contribution in [1.82, 2.24) is 15.0 Å². The van der Waals surface area contributed by atoms with Crippen LogP contribution in [-0.2, 0) is 12.8 Å². The minimum Gasteiger partial charge on any atom is -0.309 e. The molecule has 4 nitrogen and oxygen atoms in total. The van der Waals surface area contributed by atoms with Gasteiger partial charge in [-0.05, 0) is 46.6 Å². The molecular weight excluding hydrogens is 353 g/mol. The maximum atomic E-state index is 11.9. The minimum absolute atomic E-state index is 0.0508. The van der Waals surface area contributed by atoms with Crippen LogP contribution < -0.4 is 5.56 Å². The van der Waals surface area contributed by atoms with E-state index in [9.17, 15) is 4.79 Å². The summed E-state index contributed by atoms with van der Waals surface area (Å²) in [6.07, 6.45) is 4.95. The van der Waals surface area contributed by atoms with Gasteiger partial charge in [-0.3, -0.25) is 9.78 Å². The summed E-state index contributed by atoms with van der Waals surface area (Å²) in [5, 5.41) is 0. The van der Waals surface area contributed by atoms with Crippen molar-refractivity contribution >= 4 is 22.6 Å². The molecule has 0 fully saturated rings. The zero-order valence-electron chi connectivity index (χ0n) is 11.0. The van der Waals surface area contributed by atoms with Crippen LogP contribution in [0.5, 0.6) is 0 Å². The van der Waals surface area contributed by atoms with Gasteiger partial charge in [0.25, 0.3) is 5.56 Å². The molecule has 0 atom stereocenters. The first-order chi connectivity index (χ1) is 9.06. The number of aromatic nitrogens is 3. The van der Waals surface area contributed by atoms with Crippen LogP contribution in [0.4, 0.5) is 0 Å². The topological polar surface area (TPSA) is 58.6 Å². The number of H-pyrrole nitrogens is 1. The number of pyridine rings is 1. The molecule has 100 valence electrons. The number of rotatable bonds is 4. The lowest BCUT2D eigenvalue weighted by Crippen LogP contribution is -2.19. The Morgan fingerprint density at radius 3 is 2.84 bits per heavy atom. The molecule has 0 aliphatic heterocycles. The Hall–Kier alpha value is -1.24. The van der Waals surface area contributed by atoms with E-state index in [1.807, 2.05) is 12.1 Å². The molecule has 5 heteroatoms. The molecule has 0 saturated heterocycles. The average molecular weight is 369 g/mol. The molecular formula is C14H16IN3O. The van der Waals surface area contributed by atoms with E-state index >= 15 is 0 Å². The van der Waals surface area contributed by atoms with Crippen LogP contribution in [0.25, 0.3) is 0 Å². The lowest BCUT2D eigenvalue weighted by Gasteiger charge is -2.08. The maximum absolute atomic E-state index is 11.9. The van der Waals surface area contributed by atoms with Crippen LogP contribution in [0.15, 0.2) is 29.3 Å². The van der Waals surface area contributed by atoms with E-state index in [1.165, 1.54) is 0 Å². The van der Waals surface area contributed by atoms with Gasteiger partial charge in [-0.15, -0.1) is 0 Å². The molecule has 0 aliphatic rings. The highest BCUT2D eigenvalue weighted by Crippen LogP contribution is 2.12. The summed E-state index contributed by atoms with van der Waals surface area (Å²) in [5.41, 5.74) is 1.88. The molecule has 0 unspecified atom stereocenters. The number of nitrogens with zero attached hydrogens (tertiary/aromatic N) is 2. The normalized spacial score (nSPS) is 10.9. The highest BCUT2D eigenvalue weighted by molar-refractivity contribution is 14.1. The molecule has 0 aliphatic carbocycles. The minimum atomic E-state index is -0.0508. The first kappa shape index (κ1) is 14.2. The lowest BCUT2D eigenvalue weighted by molar-refractivity contribution is 0.626. The van der Waals surface area contributed by atoms with Crippen LogP contribution in [0.3, 0.4) is 0 Å². The summed E-state index contributed by atoms with van der Waals surface area (Å²) in [5.74, 6) is 1.18. The zero-order valence-corrected chi connectivity index (χ0v) is 13.1. The molecule has 0 spiro atoms. The van der Waals surface area contributed by atoms with Gasteiger partial charge in [-0.2, -0.15) is 0 Å². The summed E-state index contributed by atoms with van der Waals surface area (Å²) in [4.78, 5) is 23.4. The van der Waals surface area contributed by atoms with E-state index < -0.39 is 0 Å². The van der Waals surface area contributed by atoms with Crippen molar-refractivity contribution in [1.29, 1.82) is 0 Å². The number of halogens is 1. The summed E-state index contributed by atoms with van der Waals surface area (Å²) < 4.78 is 0.696. The van der Waals surface area contributed by atoms with Crippen molar-refractivity contribution in [2.24, 2.45) is 5.92 Å². The Morgan fingerprint density at radius 1 is 1.42 bits per heavy atom. The van der Waals surface area contributed by atoms with Gasteiger partial charge in [-0.25, -0.2) is 4.98 Å². The van der Waals surface area contributed by atoms with E-state index in [2.05, 4.69) is 51.4 Å². The van der Waals surface area contributed by atoms with E-state index in [4.69, 9.17) is 0 Å². The average Bonchev–Trinajstić information content (AvgIpc) is 2.36. The Labute approximate surface area is 125 Å². The number of hydrogen-bond acceptors (Lipinski definition) is 3. The van der Waals surface area contributed by atoms with E-state index in [0.717, 1.165) is 17.7 Å². The summed E-state index contributed by atoms with van der Waals surface area (Å²) in [6, 6.07) is 3.86. The Morgan fingerprint density at radius 2 is 2.21 bits per heavy atom. The third-order valence-corrected chi connectivity index (χ3v) is 3.79. The molecule has 0 radical (unpaired) electrons. The summed E-state index contributed by atoms with van der Waals surface area (Å²) in [7, 11) is 0. The van der Waals surface area contributed by atoms with Gasteiger partial charge in [0.05, 0.1) is 9.26 Å². The van der Waals surface area contributed by atoms with Crippen molar-refractivity contribution in [3.63, 3.8) is 0 Å². The molecule has 2 aromatic heterocycles. The Kier molecular flexibility index (Phi) is 4.68. The van der Waals surface area contributed by atoms with Gasteiger partial charge in [0.15, 0.2) is 0 Å². The third kappa shape index (κ3) is 3.86. The van der Waals surface area contributed by atoms with Crippen molar-refractivity contribution in [2.75, 3.05) is 0 Å². The quantitative estimate of drug-likeness (QED) is 0.843. The van der Waals surface area contributed by atoms with Gasteiger partial charge >= 0.3 is 0 Å². The maximum Gasteiger partial charge on any atom is 0.264 e. The second-order valence-electron chi connectivity index (χ2n) is 4.91. The first-order valence-corrected chi connectivity index (χ1v) is 7.30. The molecule has 2 heterocycles. The molecule has 1 N–H and O–H groups in total. The molecule has 2 aromatic rings. The van der Waals surface area contributed by atoms with Crippen molar-refractivity contribution < 1.29 is 0 Å². The van der Waals surface area contributed by atoms with Gasteiger partial charge in [0, 0.05) is 18.8 Å². The van der Waals surface area contributed by atoms with Crippen molar-refractivity contribution in [3.8, 4) is 0 Å². The zero-order chi connectivity index (χ0) is 13.8. The second-order valence-corrected chi connectivity index (χ2v) is 5.99. The van der Waals surface area contributed by atoms with E-state index in [1.54, 1.807) is 12.4 Å². The lowest BCUT2D eigenvalue weighted by atomic mass is 10.1. The van der Waals surface area contributed by atoms with Gasteiger partial charge in [0.1, 0.15) is 5.82 Å². The number of hydrogen-bond donors (Lipinski definition) is 1. The Balaban J connectivity index is 2.32. The second kappa shape index (κ2) is 6.27. The molecule has 0 bridgehead atoms. The van der Waals surface area contributed by atoms with E-state index in [-0.39, 0.29) is 5.56 Å². The van der Waals surface area contributed by atoms with Crippen LogP contribution in [-0.4, -0.2) is 15.0 Å². The Bertz CT molecular complexity index is 608. The molecule has 0 saturated carbocycles. The van der Waals surface area contributed by atoms with Crippen molar-refractivity contribution in [3.05, 3.63) is 55.5 Å². The van der Waals surface area contributed by atoms with Gasteiger partial charge in [0.2, 0.25) is 0 Å². The van der Waals surface area contributed by atoms with Crippen LogP contribution in [0.1, 0.15) is 30.9 Å². The fourth-order valence-electron chi connectivity index (χ4n) is 1.86. The highest BCUT2D eigenvalue weighted by Gasteiger charge is 2.10. The molecule has 19 heavy (non-hydrogen) atoms. The fraction of sp³-hybridized carbons (Fsp3) is 0.357. The van der Waals surface area contributed by atoms with Gasteiger partial charge in [-0.1, -0.05) is 19.9 Å².